The SMILES string of the molecule is COc1ccc(C(C)(C)CC(C)(C)C)cc1C1(N)CCCCC1. The van der Waals surface area contributed by atoms with Gasteiger partial charge in [0.05, 0.1) is 7.11 Å². The largest absolute Gasteiger partial charge is 0.496 e. The zero-order valence-corrected chi connectivity index (χ0v) is 16.0. The molecule has 0 atom stereocenters. The summed E-state index contributed by atoms with van der Waals surface area (Å²) >= 11 is 0. The fourth-order valence-corrected chi connectivity index (χ4v) is 4.40. The molecule has 2 nitrogen and oxygen atoms in total. The third kappa shape index (κ3) is 4.29. The molecule has 0 amide bonds. The molecular weight excluding hydrogens is 282 g/mol. The molecule has 2 heteroatoms. The van der Waals surface area contributed by atoms with Gasteiger partial charge in [-0.15, -0.1) is 0 Å². The van der Waals surface area contributed by atoms with Crippen molar-refractivity contribution in [3.8, 4) is 5.75 Å². The lowest BCUT2D eigenvalue weighted by atomic mass is 9.70. The van der Waals surface area contributed by atoms with E-state index in [1.54, 1.807) is 7.11 Å². The summed E-state index contributed by atoms with van der Waals surface area (Å²) in [5.74, 6) is 0.949. The normalized spacial score (nSPS) is 18.7. The van der Waals surface area contributed by atoms with E-state index in [9.17, 15) is 0 Å². The summed E-state index contributed by atoms with van der Waals surface area (Å²) in [4.78, 5) is 0. The summed E-state index contributed by atoms with van der Waals surface area (Å²) in [5.41, 5.74) is 9.60. The van der Waals surface area contributed by atoms with Gasteiger partial charge in [0.1, 0.15) is 5.75 Å². The number of nitrogens with two attached hydrogens (primary N) is 1. The van der Waals surface area contributed by atoms with E-state index in [1.807, 2.05) is 0 Å². The second kappa shape index (κ2) is 6.47. The van der Waals surface area contributed by atoms with Crippen LogP contribution in [-0.2, 0) is 11.0 Å². The molecule has 0 radical (unpaired) electrons. The molecule has 2 rings (SSSR count). The van der Waals surface area contributed by atoms with Crippen LogP contribution in [0.2, 0.25) is 0 Å². The van der Waals surface area contributed by atoms with Crippen LogP contribution in [0.25, 0.3) is 0 Å². The Morgan fingerprint density at radius 2 is 1.65 bits per heavy atom. The van der Waals surface area contributed by atoms with Crippen LogP contribution in [0.5, 0.6) is 5.75 Å². The lowest BCUT2D eigenvalue weighted by Crippen LogP contribution is -2.39. The number of ether oxygens (including phenoxy) is 1. The Hall–Kier alpha value is -1.02. The minimum Gasteiger partial charge on any atom is -0.496 e. The van der Waals surface area contributed by atoms with Crippen LogP contribution < -0.4 is 10.5 Å². The minimum atomic E-state index is -0.225. The van der Waals surface area contributed by atoms with Crippen molar-refractivity contribution < 1.29 is 4.74 Å². The lowest BCUT2D eigenvalue weighted by molar-refractivity contribution is 0.278. The van der Waals surface area contributed by atoms with Crippen LogP contribution in [0.3, 0.4) is 0 Å². The topological polar surface area (TPSA) is 35.2 Å². The molecule has 0 saturated heterocycles. The molecule has 1 aromatic rings. The Morgan fingerprint density at radius 3 is 2.17 bits per heavy atom. The molecule has 0 bridgehead atoms. The highest BCUT2D eigenvalue weighted by Crippen LogP contribution is 2.43. The van der Waals surface area contributed by atoms with Crippen molar-refractivity contribution in [1.82, 2.24) is 0 Å². The molecular formula is C21H35NO. The average molecular weight is 318 g/mol. The van der Waals surface area contributed by atoms with Gasteiger partial charge < -0.3 is 10.5 Å². The second-order valence-electron chi connectivity index (χ2n) is 9.25. The number of hydrogen-bond acceptors (Lipinski definition) is 2. The van der Waals surface area contributed by atoms with E-state index in [0.717, 1.165) is 25.0 Å². The van der Waals surface area contributed by atoms with E-state index in [0.29, 0.717) is 5.41 Å². The van der Waals surface area contributed by atoms with Crippen LogP contribution in [-0.4, -0.2) is 7.11 Å². The van der Waals surface area contributed by atoms with Crippen molar-refractivity contribution in [2.75, 3.05) is 7.11 Å². The molecule has 0 unspecified atom stereocenters. The second-order valence-corrected chi connectivity index (χ2v) is 9.25. The predicted molar refractivity (Wildman–Crippen MR) is 99.0 cm³/mol. The Morgan fingerprint density at radius 1 is 1.04 bits per heavy atom. The van der Waals surface area contributed by atoms with Gasteiger partial charge in [-0.2, -0.15) is 0 Å². The van der Waals surface area contributed by atoms with E-state index < -0.39 is 0 Å². The number of rotatable bonds is 4. The first-order valence-electron chi connectivity index (χ1n) is 9.05. The number of benzene rings is 1. The van der Waals surface area contributed by atoms with Crippen molar-refractivity contribution in [1.29, 1.82) is 0 Å². The van der Waals surface area contributed by atoms with Crippen LogP contribution in [0, 0.1) is 5.41 Å². The van der Waals surface area contributed by atoms with Gasteiger partial charge in [0, 0.05) is 11.1 Å². The monoisotopic (exact) mass is 317 g/mol. The summed E-state index contributed by atoms with van der Waals surface area (Å²) < 4.78 is 5.65. The van der Waals surface area contributed by atoms with E-state index in [-0.39, 0.29) is 11.0 Å². The Balaban J connectivity index is 2.43. The van der Waals surface area contributed by atoms with Gasteiger partial charge in [0.25, 0.3) is 0 Å². The minimum absolute atomic E-state index is 0.129. The summed E-state index contributed by atoms with van der Waals surface area (Å²) in [5, 5.41) is 0. The maximum atomic E-state index is 6.82. The van der Waals surface area contributed by atoms with E-state index in [1.165, 1.54) is 30.4 Å². The molecule has 23 heavy (non-hydrogen) atoms. The maximum Gasteiger partial charge on any atom is 0.123 e. The quantitative estimate of drug-likeness (QED) is 0.792. The van der Waals surface area contributed by atoms with E-state index in [4.69, 9.17) is 10.5 Å². The Kier molecular flexibility index (Phi) is 5.15. The number of methoxy groups -OCH3 is 1. The standard InChI is InChI=1S/C21H35NO/c1-19(2,3)15-20(4,5)16-10-11-18(23-6)17(14-16)21(22)12-8-7-9-13-21/h10-11,14H,7-9,12-13,15,22H2,1-6H3. The van der Waals surface area contributed by atoms with Gasteiger partial charge in [0.2, 0.25) is 0 Å². The molecule has 0 spiro atoms. The van der Waals surface area contributed by atoms with Gasteiger partial charge in [-0.3, -0.25) is 0 Å². The predicted octanol–water partition coefficient (Wildman–Crippen LogP) is 5.53. The smallest absolute Gasteiger partial charge is 0.123 e. The van der Waals surface area contributed by atoms with Crippen molar-refractivity contribution >= 4 is 0 Å². The van der Waals surface area contributed by atoms with Gasteiger partial charge >= 0.3 is 0 Å². The van der Waals surface area contributed by atoms with Gasteiger partial charge in [-0.25, -0.2) is 0 Å². The van der Waals surface area contributed by atoms with Crippen molar-refractivity contribution in [3.63, 3.8) is 0 Å². The average Bonchev–Trinajstić information content (AvgIpc) is 2.45. The van der Waals surface area contributed by atoms with Gasteiger partial charge in [-0.1, -0.05) is 59.9 Å². The van der Waals surface area contributed by atoms with Crippen LogP contribution >= 0.6 is 0 Å². The highest BCUT2D eigenvalue weighted by Gasteiger charge is 2.34. The molecule has 1 aliphatic rings. The fourth-order valence-electron chi connectivity index (χ4n) is 4.40. The zero-order chi connectivity index (χ0) is 17.3. The summed E-state index contributed by atoms with van der Waals surface area (Å²) in [6.45, 7) is 11.6. The van der Waals surface area contributed by atoms with Crippen molar-refractivity contribution in [2.45, 2.75) is 84.1 Å². The summed E-state index contributed by atoms with van der Waals surface area (Å²) in [7, 11) is 1.75. The molecule has 0 heterocycles. The molecule has 2 N–H and O–H groups in total. The fraction of sp³-hybridized carbons (Fsp3) is 0.714. The Bertz CT molecular complexity index is 533. The number of hydrogen-bond donors (Lipinski definition) is 1. The summed E-state index contributed by atoms with van der Waals surface area (Å²) in [6, 6.07) is 6.68. The third-order valence-corrected chi connectivity index (χ3v) is 5.24. The first kappa shape index (κ1) is 18.3. The van der Waals surface area contributed by atoms with Crippen molar-refractivity contribution in [2.24, 2.45) is 11.1 Å². The van der Waals surface area contributed by atoms with Crippen LogP contribution in [0.1, 0.15) is 84.3 Å². The molecule has 130 valence electrons. The third-order valence-electron chi connectivity index (χ3n) is 5.24. The Labute approximate surface area is 142 Å². The summed E-state index contributed by atoms with van der Waals surface area (Å²) in [6.07, 6.45) is 7.00. The first-order chi connectivity index (χ1) is 10.6. The highest BCUT2D eigenvalue weighted by atomic mass is 16.5. The first-order valence-corrected chi connectivity index (χ1v) is 9.05. The lowest BCUT2D eigenvalue weighted by Gasteiger charge is -2.37. The molecule has 1 aromatic carbocycles. The molecule has 1 fully saturated rings. The van der Waals surface area contributed by atoms with E-state index in [2.05, 4.69) is 52.8 Å². The molecule has 1 saturated carbocycles. The molecule has 0 aromatic heterocycles. The van der Waals surface area contributed by atoms with Crippen LogP contribution in [0.4, 0.5) is 0 Å². The van der Waals surface area contributed by atoms with E-state index >= 15 is 0 Å². The van der Waals surface area contributed by atoms with Gasteiger partial charge in [-0.05, 0) is 47.8 Å². The molecule has 1 aliphatic carbocycles. The highest BCUT2D eigenvalue weighted by molar-refractivity contribution is 5.44. The van der Waals surface area contributed by atoms with Crippen molar-refractivity contribution in [3.05, 3.63) is 29.3 Å². The van der Waals surface area contributed by atoms with Gasteiger partial charge in [0.15, 0.2) is 0 Å². The maximum absolute atomic E-state index is 6.82. The molecule has 0 aliphatic heterocycles. The zero-order valence-electron chi connectivity index (χ0n) is 16.0. The van der Waals surface area contributed by atoms with Crippen LogP contribution in [0.15, 0.2) is 18.2 Å².